The standard InChI is InChI=1S/C19H35NO6S/c1-8-14(9-2)25-16-12-13(18(21)24-10-3)11-15(20-19(4,5)6)17(16)26-27(7,22)23/h12,14-17,20H,8-11H2,1-7H3/t15-,16-,17+/m1/s1. The van der Waals surface area contributed by atoms with E-state index >= 15 is 0 Å². The third kappa shape index (κ3) is 8.29. The first kappa shape index (κ1) is 24.1. The van der Waals surface area contributed by atoms with Gasteiger partial charge in [0.1, 0.15) is 12.2 Å². The lowest BCUT2D eigenvalue weighted by Gasteiger charge is -2.40. The zero-order valence-corrected chi connectivity index (χ0v) is 18.4. The molecule has 0 fully saturated rings. The zero-order valence-electron chi connectivity index (χ0n) is 17.6. The molecule has 0 amide bonds. The predicted molar refractivity (Wildman–Crippen MR) is 105 cm³/mol. The van der Waals surface area contributed by atoms with Crippen molar-refractivity contribution in [2.75, 3.05) is 12.9 Å². The summed E-state index contributed by atoms with van der Waals surface area (Å²) in [6, 6.07) is -0.413. The van der Waals surface area contributed by atoms with E-state index in [0.717, 1.165) is 19.1 Å². The van der Waals surface area contributed by atoms with Gasteiger partial charge in [-0.2, -0.15) is 8.42 Å². The summed E-state index contributed by atoms with van der Waals surface area (Å²) in [6.07, 6.45) is 3.05. The van der Waals surface area contributed by atoms with Crippen LogP contribution in [-0.4, -0.2) is 57.1 Å². The second-order valence-electron chi connectivity index (χ2n) is 7.92. The first-order chi connectivity index (χ1) is 12.4. The molecule has 1 N–H and O–H groups in total. The van der Waals surface area contributed by atoms with Gasteiger partial charge < -0.3 is 14.8 Å². The average molecular weight is 406 g/mol. The summed E-state index contributed by atoms with van der Waals surface area (Å²) >= 11 is 0. The molecular weight excluding hydrogens is 370 g/mol. The number of nitrogens with one attached hydrogen (secondary N) is 1. The lowest BCUT2D eigenvalue weighted by atomic mass is 9.88. The van der Waals surface area contributed by atoms with E-state index in [4.69, 9.17) is 13.7 Å². The monoisotopic (exact) mass is 405 g/mol. The maximum atomic E-state index is 12.3. The Morgan fingerprint density at radius 3 is 2.30 bits per heavy atom. The fourth-order valence-corrected chi connectivity index (χ4v) is 3.80. The van der Waals surface area contributed by atoms with E-state index in [1.54, 1.807) is 13.0 Å². The van der Waals surface area contributed by atoms with E-state index in [1.165, 1.54) is 0 Å². The van der Waals surface area contributed by atoms with Crippen molar-refractivity contribution in [1.82, 2.24) is 5.32 Å². The van der Waals surface area contributed by atoms with Crippen LogP contribution in [0.3, 0.4) is 0 Å². The van der Waals surface area contributed by atoms with Gasteiger partial charge in [0.05, 0.1) is 19.0 Å². The van der Waals surface area contributed by atoms with Crippen molar-refractivity contribution in [3.8, 4) is 0 Å². The van der Waals surface area contributed by atoms with E-state index < -0.39 is 34.3 Å². The molecular formula is C19H35NO6S. The molecule has 0 heterocycles. The molecule has 0 bridgehead atoms. The van der Waals surface area contributed by atoms with Crippen molar-refractivity contribution in [3.63, 3.8) is 0 Å². The molecule has 1 aliphatic rings. The zero-order chi connectivity index (χ0) is 20.8. The predicted octanol–water partition coefficient (Wildman–Crippen LogP) is 2.55. The Morgan fingerprint density at radius 1 is 1.26 bits per heavy atom. The summed E-state index contributed by atoms with van der Waals surface area (Å²) in [5.74, 6) is -0.408. The lowest BCUT2D eigenvalue weighted by molar-refractivity contribution is -0.139. The molecule has 0 saturated carbocycles. The van der Waals surface area contributed by atoms with Crippen LogP contribution in [-0.2, 0) is 28.6 Å². The minimum Gasteiger partial charge on any atom is -0.463 e. The number of esters is 1. The van der Waals surface area contributed by atoms with Crippen LogP contribution in [0, 0.1) is 0 Å². The van der Waals surface area contributed by atoms with Gasteiger partial charge in [-0.25, -0.2) is 4.79 Å². The van der Waals surface area contributed by atoms with Crippen molar-refractivity contribution in [2.45, 2.75) is 90.7 Å². The quantitative estimate of drug-likeness (QED) is 0.466. The van der Waals surface area contributed by atoms with Crippen molar-refractivity contribution < 1.29 is 26.9 Å². The molecule has 1 aliphatic carbocycles. The Kier molecular flexibility index (Phi) is 8.92. The van der Waals surface area contributed by atoms with E-state index in [1.807, 2.05) is 34.6 Å². The molecule has 8 heteroatoms. The molecule has 1 rings (SSSR count). The number of hydrogen-bond donors (Lipinski definition) is 1. The Hall–Kier alpha value is -0.960. The molecule has 0 aromatic heterocycles. The summed E-state index contributed by atoms with van der Waals surface area (Å²) in [4.78, 5) is 12.3. The maximum Gasteiger partial charge on any atom is 0.333 e. The number of carbonyl (C=O) groups is 1. The van der Waals surface area contributed by atoms with Crippen LogP contribution in [0.2, 0.25) is 0 Å². The van der Waals surface area contributed by atoms with Gasteiger partial charge in [0.25, 0.3) is 10.1 Å². The highest BCUT2D eigenvalue weighted by atomic mass is 32.2. The topological polar surface area (TPSA) is 90.9 Å². The molecule has 0 radical (unpaired) electrons. The van der Waals surface area contributed by atoms with Crippen LogP contribution in [0.25, 0.3) is 0 Å². The highest BCUT2D eigenvalue weighted by molar-refractivity contribution is 7.86. The fourth-order valence-electron chi connectivity index (χ4n) is 3.15. The Labute approximate surface area is 163 Å². The molecule has 27 heavy (non-hydrogen) atoms. The Bertz CT molecular complexity index is 619. The number of rotatable bonds is 9. The van der Waals surface area contributed by atoms with Gasteiger partial charge in [-0.15, -0.1) is 0 Å². The third-order valence-corrected chi connectivity index (χ3v) is 4.80. The van der Waals surface area contributed by atoms with Crippen LogP contribution in [0.5, 0.6) is 0 Å². The van der Waals surface area contributed by atoms with Crippen molar-refractivity contribution in [2.24, 2.45) is 0 Å². The first-order valence-corrected chi connectivity index (χ1v) is 11.4. The van der Waals surface area contributed by atoms with E-state index in [-0.39, 0.29) is 18.2 Å². The molecule has 158 valence electrons. The van der Waals surface area contributed by atoms with Gasteiger partial charge in [0, 0.05) is 17.2 Å². The second kappa shape index (κ2) is 10.0. The van der Waals surface area contributed by atoms with Crippen LogP contribution in [0.1, 0.15) is 60.8 Å². The normalized spacial score (nSPS) is 24.0. The number of ether oxygens (including phenoxy) is 2. The van der Waals surface area contributed by atoms with Gasteiger partial charge in [-0.1, -0.05) is 13.8 Å². The lowest BCUT2D eigenvalue weighted by Crippen LogP contribution is -2.57. The number of hydrogen-bond acceptors (Lipinski definition) is 7. The summed E-state index contributed by atoms with van der Waals surface area (Å²) in [5.41, 5.74) is 0.170. The van der Waals surface area contributed by atoms with Crippen LogP contribution in [0.4, 0.5) is 0 Å². The van der Waals surface area contributed by atoms with Gasteiger partial charge in [-0.05, 0) is 53.0 Å². The second-order valence-corrected chi connectivity index (χ2v) is 9.52. The smallest absolute Gasteiger partial charge is 0.333 e. The van der Waals surface area contributed by atoms with Crippen LogP contribution in [0.15, 0.2) is 11.6 Å². The van der Waals surface area contributed by atoms with Crippen LogP contribution < -0.4 is 5.32 Å². The molecule has 0 aromatic rings. The van der Waals surface area contributed by atoms with E-state index in [9.17, 15) is 13.2 Å². The van der Waals surface area contributed by atoms with Crippen molar-refractivity contribution in [3.05, 3.63) is 11.6 Å². The van der Waals surface area contributed by atoms with Crippen molar-refractivity contribution in [1.29, 1.82) is 0 Å². The van der Waals surface area contributed by atoms with E-state index in [0.29, 0.717) is 12.0 Å². The molecule has 0 spiro atoms. The van der Waals surface area contributed by atoms with Crippen molar-refractivity contribution >= 4 is 16.1 Å². The fraction of sp³-hybridized carbons (Fsp3) is 0.842. The SMILES string of the molecule is CCOC(=O)C1=C[C@@H](OC(CC)CC)[C@@H](OS(C)(=O)=O)[C@H](NC(C)(C)C)C1. The minimum atomic E-state index is -3.71. The van der Waals surface area contributed by atoms with Gasteiger partial charge in [0.2, 0.25) is 0 Å². The molecule has 0 unspecified atom stereocenters. The largest absolute Gasteiger partial charge is 0.463 e. The molecule has 0 aromatic carbocycles. The van der Waals surface area contributed by atoms with Gasteiger partial charge in [0.15, 0.2) is 0 Å². The highest BCUT2D eigenvalue weighted by Gasteiger charge is 2.41. The third-order valence-electron chi connectivity index (χ3n) is 4.23. The molecule has 3 atom stereocenters. The van der Waals surface area contributed by atoms with E-state index in [2.05, 4.69) is 5.32 Å². The number of carbonyl (C=O) groups excluding carboxylic acids is 1. The summed E-state index contributed by atoms with van der Waals surface area (Å²) < 4.78 is 40.5. The average Bonchev–Trinajstić information content (AvgIpc) is 2.52. The van der Waals surface area contributed by atoms with Gasteiger partial charge in [-0.3, -0.25) is 4.18 Å². The summed E-state index contributed by atoms with van der Waals surface area (Å²) in [5, 5.41) is 3.38. The minimum absolute atomic E-state index is 0.0613. The Balaban J connectivity index is 3.30. The molecule has 0 saturated heterocycles. The van der Waals surface area contributed by atoms with Crippen LogP contribution >= 0.6 is 0 Å². The highest BCUT2D eigenvalue weighted by Crippen LogP contribution is 2.29. The molecule has 0 aliphatic heterocycles. The molecule has 7 nitrogen and oxygen atoms in total. The summed E-state index contributed by atoms with van der Waals surface area (Å²) in [7, 11) is -3.71. The Morgan fingerprint density at radius 2 is 1.85 bits per heavy atom. The summed E-state index contributed by atoms with van der Waals surface area (Å²) in [6.45, 7) is 12.0. The maximum absolute atomic E-state index is 12.3. The first-order valence-electron chi connectivity index (χ1n) is 9.59. The van der Waals surface area contributed by atoms with Gasteiger partial charge >= 0.3 is 5.97 Å².